The molecule has 1 saturated carbocycles. The van der Waals surface area contributed by atoms with E-state index in [4.69, 9.17) is 15.7 Å². The minimum Gasteiger partial charge on any atom is -0.447 e. The molecule has 20 heavy (non-hydrogen) atoms. The van der Waals surface area contributed by atoms with E-state index in [1.807, 2.05) is 0 Å². The number of carbonyl (C=O) groups excluding carboxylic acids is 1. The van der Waals surface area contributed by atoms with Gasteiger partial charge < -0.3 is 10.5 Å². The van der Waals surface area contributed by atoms with E-state index >= 15 is 0 Å². The van der Waals surface area contributed by atoms with Crippen LogP contribution >= 0.6 is 0 Å². The Kier molecular flexibility index (Phi) is 2.87. The number of anilines is 1. The van der Waals surface area contributed by atoms with E-state index in [2.05, 4.69) is 6.07 Å². The maximum absolute atomic E-state index is 14.2. The smallest absolute Gasteiger partial charge is 0.414 e. The quantitative estimate of drug-likeness (QED) is 0.910. The first-order valence-electron chi connectivity index (χ1n) is 6.48. The number of carbonyl (C=O) groups is 1. The Hall–Kier alpha value is -2.13. The summed E-state index contributed by atoms with van der Waals surface area (Å²) in [5.41, 5.74) is 5.72. The molecule has 1 saturated heterocycles. The van der Waals surface area contributed by atoms with Gasteiger partial charge >= 0.3 is 6.09 Å². The average Bonchev–Trinajstić information content (AvgIpc) is 3.15. The number of rotatable bonds is 3. The zero-order valence-corrected chi connectivity index (χ0v) is 10.8. The Bertz CT molecular complexity index is 607. The number of benzene rings is 1. The highest BCUT2D eigenvalue weighted by Gasteiger charge is 2.47. The minimum absolute atomic E-state index is 0.209. The van der Waals surface area contributed by atoms with Gasteiger partial charge in [-0.05, 0) is 25.0 Å². The second-order valence-corrected chi connectivity index (χ2v) is 5.19. The number of hydrogen-bond acceptors (Lipinski definition) is 4. The molecule has 1 atom stereocenters. The highest BCUT2D eigenvalue weighted by atomic mass is 19.1. The van der Waals surface area contributed by atoms with Gasteiger partial charge in [0.15, 0.2) is 0 Å². The Morgan fingerprint density at radius 2 is 2.30 bits per heavy atom. The van der Waals surface area contributed by atoms with Gasteiger partial charge in [0.05, 0.1) is 23.2 Å². The number of hydrogen-bond donors (Lipinski definition) is 1. The molecule has 2 aliphatic rings. The molecule has 1 aliphatic carbocycles. The molecule has 3 rings (SSSR count). The summed E-state index contributed by atoms with van der Waals surface area (Å²) in [5, 5.41) is 9.12. The first kappa shape index (κ1) is 12.9. The number of cyclic esters (lactones) is 1. The standard InChI is InChI=1S/C14H14FN3O2/c15-12-5-9(18-10(6-16)7-20-13(18)19)1-2-11(12)14(8-17)3-4-14/h1-2,5,10H,3-4,6-7,16H2/t10-/m0/s1. The van der Waals surface area contributed by atoms with Crippen molar-refractivity contribution in [3.05, 3.63) is 29.6 Å². The molecule has 1 aromatic carbocycles. The second-order valence-electron chi connectivity index (χ2n) is 5.19. The molecule has 1 aliphatic heterocycles. The van der Waals surface area contributed by atoms with Crippen molar-refractivity contribution in [1.29, 1.82) is 5.26 Å². The van der Waals surface area contributed by atoms with Gasteiger partial charge in [0.25, 0.3) is 0 Å². The summed E-state index contributed by atoms with van der Waals surface area (Å²) in [6.45, 7) is 0.456. The summed E-state index contributed by atoms with van der Waals surface area (Å²) in [6, 6.07) is 6.39. The van der Waals surface area contributed by atoms with Crippen molar-refractivity contribution in [3.63, 3.8) is 0 Å². The van der Waals surface area contributed by atoms with Crippen molar-refractivity contribution >= 4 is 11.8 Å². The van der Waals surface area contributed by atoms with Crippen molar-refractivity contribution in [2.24, 2.45) is 5.73 Å². The van der Waals surface area contributed by atoms with Crippen LogP contribution in [0.15, 0.2) is 18.2 Å². The average molecular weight is 275 g/mol. The van der Waals surface area contributed by atoms with Crippen LogP contribution < -0.4 is 10.6 Å². The van der Waals surface area contributed by atoms with Crippen molar-refractivity contribution in [2.75, 3.05) is 18.1 Å². The lowest BCUT2D eigenvalue weighted by Gasteiger charge is -2.21. The number of ether oxygens (including phenoxy) is 1. The zero-order chi connectivity index (χ0) is 14.3. The maximum Gasteiger partial charge on any atom is 0.414 e. The number of nitrogens with zero attached hydrogens (tertiary/aromatic N) is 2. The highest BCUT2D eigenvalue weighted by Crippen LogP contribution is 2.48. The molecule has 1 heterocycles. The summed E-state index contributed by atoms with van der Waals surface area (Å²) >= 11 is 0. The minimum atomic E-state index is -0.679. The maximum atomic E-state index is 14.2. The van der Waals surface area contributed by atoms with Crippen molar-refractivity contribution in [3.8, 4) is 6.07 Å². The van der Waals surface area contributed by atoms with Crippen LogP contribution in [0.25, 0.3) is 0 Å². The summed E-state index contributed by atoms with van der Waals surface area (Å²) in [6.07, 6.45) is 0.836. The molecule has 0 bridgehead atoms. The Morgan fingerprint density at radius 3 is 2.85 bits per heavy atom. The molecule has 1 aromatic rings. The van der Waals surface area contributed by atoms with E-state index in [9.17, 15) is 9.18 Å². The summed E-state index contributed by atoms with van der Waals surface area (Å²) in [7, 11) is 0. The fourth-order valence-corrected chi connectivity index (χ4v) is 2.56. The number of nitriles is 1. The van der Waals surface area contributed by atoms with Crippen molar-refractivity contribution in [1.82, 2.24) is 0 Å². The summed E-state index contributed by atoms with van der Waals surface area (Å²) < 4.78 is 19.1. The second kappa shape index (κ2) is 4.46. The van der Waals surface area contributed by atoms with Gasteiger partial charge in [-0.2, -0.15) is 5.26 Å². The lowest BCUT2D eigenvalue weighted by Crippen LogP contribution is -2.39. The third-order valence-corrected chi connectivity index (χ3v) is 3.94. The Morgan fingerprint density at radius 1 is 1.55 bits per heavy atom. The van der Waals surface area contributed by atoms with E-state index in [0.29, 0.717) is 24.1 Å². The lowest BCUT2D eigenvalue weighted by molar-refractivity contribution is 0.179. The SMILES string of the molecule is N#CC1(c2ccc(N3C(=O)OC[C@@H]3CN)cc2F)CC1. The Balaban J connectivity index is 1.95. The molecule has 0 unspecified atom stereocenters. The van der Waals surface area contributed by atoms with Crippen molar-refractivity contribution in [2.45, 2.75) is 24.3 Å². The molecule has 0 radical (unpaired) electrons. The molecule has 2 fully saturated rings. The van der Waals surface area contributed by atoms with Gasteiger partial charge in [0.2, 0.25) is 0 Å². The van der Waals surface area contributed by atoms with E-state index in [1.165, 1.54) is 11.0 Å². The van der Waals surface area contributed by atoms with E-state index in [-0.39, 0.29) is 19.2 Å². The van der Waals surface area contributed by atoms with Crippen LogP contribution in [-0.4, -0.2) is 25.3 Å². The van der Waals surface area contributed by atoms with Crippen LogP contribution in [0.2, 0.25) is 0 Å². The summed E-state index contributed by atoms with van der Waals surface area (Å²) in [4.78, 5) is 13.0. The molecule has 104 valence electrons. The zero-order valence-electron chi connectivity index (χ0n) is 10.8. The monoisotopic (exact) mass is 275 g/mol. The first-order chi connectivity index (χ1) is 9.61. The van der Waals surface area contributed by atoms with Gasteiger partial charge in [0, 0.05) is 12.1 Å². The van der Waals surface area contributed by atoms with Gasteiger partial charge in [-0.25, -0.2) is 9.18 Å². The van der Waals surface area contributed by atoms with Gasteiger partial charge in [-0.15, -0.1) is 0 Å². The Labute approximate surface area is 115 Å². The van der Waals surface area contributed by atoms with Gasteiger partial charge in [-0.3, -0.25) is 4.90 Å². The molecular weight excluding hydrogens is 261 g/mol. The van der Waals surface area contributed by atoms with Gasteiger partial charge in [-0.1, -0.05) is 6.07 Å². The molecule has 5 nitrogen and oxygen atoms in total. The van der Waals surface area contributed by atoms with Crippen LogP contribution in [0.4, 0.5) is 14.9 Å². The van der Waals surface area contributed by atoms with Crippen LogP contribution in [0.3, 0.4) is 0 Å². The number of halogens is 1. The molecule has 1 amide bonds. The van der Waals surface area contributed by atoms with Crippen LogP contribution in [0.5, 0.6) is 0 Å². The molecule has 6 heteroatoms. The third kappa shape index (κ3) is 1.82. The first-order valence-corrected chi connectivity index (χ1v) is 6.48. The normalized spacial score (nSPS) is 23.4. The molecule has 0 spiro atoms. The topological polar surface area (TPSA) is 79.3 Å². The molecule has 2 N–H and O–H groups in total. The fraction of sp³-hybridized carbons (Fsp3) is 0.429. The lowest BCUT2D eigenvalue weighted by atomic mass is 9.96. The fourth-order valence-electron chi connectivity index (χ4n) is 2.56. The predicted octanol–water partition coefficient (Wildman–Crippen LogP) is 1.66. The third-order valence-electron chi connectivity index (χ3n) is 3.94. The van der Waals surface area contributed by atoms with Crippen LogP contribution in [-0.2, 0) is 10.2 Å². The molecule has 0 aromatic heterocycles. The van der Waals surface area contributed by atoms with E-state index in [1.54, 1.807) is 12.1 Å². The van der Waals surface area contributed by atoms with Crippen LogP contribution in [0, 0.1) is 17.1 Å². The largest absolute Gasteiger partial charge is 0.447 e. The highest BCUT2D eigenvalue weighted by molar-refractivity contribution is 5.90. The van der Waals surface area contributed by atoms with Gasteiger partial charge in [0.1, 0.15) is 12.4 Å². The predicted molar refractivity (Wildman–Crippen MR) is 69.6 cm³/mol. The van der Waals surface area contributed by atoms with Crippen LogP contribution in [0.1, 0.15) is 18.4 Å². The molecular formula is C14H14FN3O2. The van der Waals surface area contributed by atoms with E-state index < -0.39 is 17.3 Å². The number of nitrogens with two attached hydrogens (primary N) is 1. The van der Waals surface area contributed by atoms with E-state index in [0.717, 1.165) is 0 Å². The van der Waals surface area contributed by atoms with Crippen molar-refractivity contribution < 1.29 is 13.9 Å². The number of amides is 1. The summed E-state index contributed by atoms with van der Waals surface area (Å²) in [5.74, 6) is -0.461.